The third kappa shape index (κ3) is 4.30. The van der Waals surface area contributed by atoms with Gasteiger partial charge in [0.2, 0.25) is 0 Å². The van der Waals surface area contributed by atoms with Crippen LogP contribution in [0.25, 0.3) is 0 Å². The number of anilines is 1. The molecule has 1 saturated heterocycles. The number of hydrazone groups is 1. The molecule has 2 amide bonds. The van der Waals surface area contributed by atoms with E-state index < -0.39 is 18.1 Å². The second-order valence-electron chi connectivity index (χ2n) is 8.44. The van der Waals surface area contributed by atoms with Gasteiger partial charge >= 0.3 is 6.09 Å². The van der Waals surface area contributed by atoms with Crippen LogP contribution in [0.15, 0.2) is 82.4 Å². The summed E-state index contributed by atoms with van der Waals surface area (Å²) < 4.78 is 11.7. The minimum Gasteiger partial charge on any atom is -0.496 e. The van der Waals surface area contributed by atoms with Gasteiger partial charge in [-0.05, 0) is 42.8 Å². The normalized spacial score (nSPS) is 19.5. The molecule has 2 heterocycles. The van der Waals surface area contributed by atoms with Crippen molar-refractivity contribution in [1.29, 1.82) is 0 Å². The van der Waals surface area contributed by atoms with Crippen LogP contribution in [0.5, 0.6) is 5.75 Å². The van der Waals surface area contributed by atoms with Crippen molar-refractivity contribution >= 4 is 39.3 Å². The van der Waals surface area contributed by atoms with Gasteiger partial charge in [-0.2, -0.15) is 5.10 Å². The van der Waals surface area contributed by atoms with Crippen molar-refractivity contribution < 1.29 is 19.1 Å². The maximum absolute atomic E-state index is 14.0. The molecule has 0 aliphatic carbocycles. The number of nitrogens with zero attached hydrogens (tertiary/aromatic N) is 3. The Morgan fingerprint density at radius 2 is 1.86 bits per heavy atom. The van der Waals surface area contributed by atoms with Crippen LogP contribution in [0.3, 0.4) is 0 Å². The molecule has 0 bridgehead atoms. The van der Waals surface area contributed by atoms with Gasteiger partial charge in [-0.3, -0.25) is 9.80 Å². The number of amides is 2. The van der Waals surface area contributed by atoms with Crippen molar-refractivity contribution in [3.8, 4) is 5.75 Å². The highest BCUT2D eigenvalue weighted by Crippen LogP contribution is 2.42. The van der Waals surface area contributed by atoms with E-state index >= 15 is 0 Å². The predicted molar refractivity (Wildman–Crippen MR) is 137 cm³/mol. The number of cyclic esters (lactones) is 1. The Kier molecular flexibility index (Phi) is 6.30. The molecule has 2 atom stereocenters. The molecule has 1 fully saturated rings. The molecular weight excluding hydrogens is 510 g/mol. The van der Waals surface area contributed by atoms with Crippen LogP contribution >= 0.6 is 15.9 Å². The van der Waals surface area contributed by atoms with Gasteiger partial charge in [0, 0.05) is 10.0 Å². The van der Waals surface area contributed by atoms with Gasteiger partial charge in [0.1, 0.15) is 18.4 Å². The van der Waals surface area contributed by atoms with Crippen LogP contribution in [0.4, 0.5) is 10.5 Å². The Morgan fingerprint density at radius 3 is 2.54 bits per heavy atom. The van der Waals surface area contributed by atoms with Crippen LogP contribution in [0, 0.1) is 6.92 Å². The Labute approximate surface area is 212 Å². The lowest BCUT2D eigenvalue weighted by Gasteiger charge is -2.30. The van der Waals surface area contributed by atoms with E-state index in [4.69, 9.17) is 14.6 Å². The first-order valence-electron chi connectivity index (χ1n) is 11.3. The number of carbonyl (C=O) groups is 2. The smallest absolute Gasteiger partial charge is 0.416 e. The fourth-order valence-electron chi connectivity index (χ4n) is 4.63. The summed E-state index contributed by atoms with van der Waals surface area (Å²) in [5, 5.41) is 6.73. The fourth-order valence-corrected chi connectivity index (χ4v) is 4.89. The first kappa shape index (κ1) is 23.1. The van der Waals surface area contributed by atoms with E-state index in [-0.39, 0.29) is 19.1 Å². The first-order chi connectivity index (χ1) is 17.0. The average Bonchev–Trinajstić information content (AvgIpc) is 3.48. The number of rotatable bonds is 5. The lowest BCUT2D eigenvalue weighted by Crippen LogP contribution is -2.48. The molecule has 0 aromatic heterocycles. The summed E-state index contributed by atoms with van der Waals surface area (Å²) in [7, 11) is 1.61. The van der Waals surface area contributed by atoms with Crippen molar-refractivity contribution in [3.63, 3.8) is 0 Å². The van der Waals surface area contributed by atoms with E-state index in [9.17, 15) is 9.59 Å². The molecule has 178 valence electrons. The summed E-state index contributed by atoms with van der Waals surface area (Å²) in [5.41, 5.74) is 4.27. The van der Waals surface area contributed by atoms with Crippen LogP contribution < -0.4 is 9.75 Å². The maximum atomic E-state index is 14.0. The number of ether oxygens (including phenoxy) is 2. The van der Waals surface area contributed by atoms with Crippen molar-refractivity contribution in [2.24, 2.45) is 5.10 Å². The molecule has 0 unspecified atom stereocenters. The largest absolute Gasteiger partial charge is 0.496 e. The van der Waals surface area contributed by atoms with Crippen LogP contribution in [0.2, 0.25) is 0 Å². The molecule has 8 heteroatoms. The predicted octanol–water partition coefficient (Wildman–Crippen LogP) is 5.12. The lowest BCUT2D eigenvalue weighted by molar-refractivity contribution is -0.129. The van der Waals surface area contributed by atoms with Crippen LogP contribution in [0.1, 0.15) is 22.6 Å². The third-order valence-corrected chi connectivity index (χ3v) is 6.78. The zero-order chi connectivity index (χ0) is 24.5. The van der Waals surface area contributed by atoms with Gasteiger partial charge in [-0.25, -0.2) is 9.69 Å². The number of imide groups is 1. The Balaban J connectivity index is 1.72. The van der Waals surface area contributed by atoms with Crippen molar-refractivity contribution in [2.45, 2.75) is 18.9 Å². The zero-order valence-corrected chi connectivity index (χ0v) is 20.9. The van der Waals surface area contributed by atoms with E-state index in [0.29, 0.717) is 5.75 Å². The number of carbonyl (C=O) groups excluding carboxylic acids is 2. The zero-order valence-electron chi connectivity index (χ0n) is 19.3. The number of aryl methyl sites for hydroxylation is 1. The summed E-state index contributed by atoms with van der Waals surface area (Å²) >= 11 is 3.48. The minimum atomic E-state index is -0.811. The Bertz CT molecular complexity index is 1310. The lowest BCUT2D eigenvalue weighted by atomic mass is 9.83. The SMILES string of the molecule is COc1ccccc1[C@H]1C(c2cccc(C)c2)=NN(c2ccc(Br)cc2)[C@@H]1C(=O)N1CCOC1=O. The summed E-state index contributed by atoms with van der Waals surface area (Å²) in [6.07, 6.45) is -0.631. The first-order valence-corrected chi connectivity index (χ1v) is 12.1. The number of para-hydroxylation sites is 1. The third-order valence-electron chi connectivity index (χ3n) is 6.25. The number of halogens is 1. The standard InChI is InChI=1S/C27H24BrN3O4/c1-17-6-5-7-18(16-17)24-23(21-8-3-4-9-22(21)34-2)25(26(32)30-14-15-35-27(30)33)31(29-24)20-12-10-19(28)11-13-20/h3-13,16,23,25H,14-15H2,1-2H3/t23-,25-/m0/s1. The molecule has 7 nitrogen and oxygen atoms in total. The quantitative estimate of drug-likeness (QED) is 0.455. The molecule has 0 spiro atoms. The Hall–Kier alpha value is -3.65. The average molecular weight is 534 g/mol. The molecule has 2 aliphatic rings. The number of methoxy groups -OCH3 is 1. The second kappa shape index (κ2) is 9.54. The second-order valence-corrected chi connectivity index (χ2v) is 9.36. The molecular formula is C27H24BrN3O4. The minimum absolute atomic E-state index is 0.181. The van der Waals surface area contributed by atoms with E-state index in [1.807, 2.05) is 73.7 Å². The van der Waals surface area contributed by atoms with E-state index in [1.165, 1.54) is 4.90 Å². The van der Waals surface area contributed by atoms with E-state index in [2.05, 4.69) is 22.0 Å². The molecule has 0 saturated carbocycles. The van der Waals surface area contributed by atoms with E-state index in [1.54, 1.807) is 12.1 Å². The molecule has 3 aromatic rings. The van der Waals surface area contributed by atoms with E-state index in [0.717, 1.165) is 32.6 Å². The van der Waals surface area contributed by atoms with Gasteiger partial charge in [-0.1, -0.05) is 64.0 Å². The highest BCUT2D eigenvalue weighted by molar-refractivity contribution is 9.10. The topological polar surface area (TPSA) is 71.4 Å². The van der Waals surface area contributed by atoms with Gasteiger partial charge in [-0.15, -0.1) is 0 Å². The molecule has 35 heavy (non-hydrogen) atoms. The number of hydrogen-bond donors (Lipinski definition) is 0. The summed E-state index contributed by atoms with van der Waals surface area (Å²) in [6, 6.07) is 22.5. The highest BCUT2D eigenvalue weighted by atomic mass is 79.9. The molecule has 0 radical (unpaired) electrons. The molecule has 3 aromatic carbocycles. The summed E-state index contributed by atoms with van der Waals surface area (Å²) in [5.74, 6) is -0.201. The Morgan fingerprint density at radius 1 is 1.09 bits per heavy atom. The molecule has 2 aliphatic heterocycles. The van der Waals surface area contributed by atoms with Crippen molar-refractivity contribution in [3.05, 3.63) is 94.0 Å². The molecule has 0 N–H and O–H groups in total. The van der Waals surface area contributed by atoms with Gasteiger partial charge < -0.3 is 9.47 Å². The summed E-state index contributed by atoms with van der Waals surface area (Å²) in [4.78, 5) is 27.6. The number of benzene rings is 3. The highest BCUT2D eigenvalue weighted by Gasteiger charge is 2.48. The summed E-state index contributed by atoms with van der Waals surface area (Å²) in [6.45, 7) is 2.41. The van der Waals surface area contributed by atoms with Crippen molar-refractivity contribution in [2.75, 3.05) is 25.3 Å². The number of hydrogen-bond acceptors (Lipinski definition) is 6. The van der Waals surface area contributed by atoms with Gasteiger partial charge in [0.05, 0.1) is 31.0 Å². The van der Waals surface area contributed by atoms with Crippen LogP contribution in [-0.4, -0.2) is 48.9 Å². The monoisotopic (exact) mass is 533 g/mol. The molecule has 5 rings (SSSR count). The van der Waals surface area contributed by atoms with Crippen LogP contribution in [-0.2, 0) is 9.53 Å². The fraction of sp³-hybridized carbons (Fsp3) is 0.222. The van der Waals surface area contributed by atoms with Crippen molar-refractivity contribution in [1.82, 2.24) is 4.90 Å². The maximum Gasteiger partial charge on any atom is 0.416 e. The van der Waals surface area contributed by atoms with Gasteiger partial charge in [0.15, 0.2) is 0 Å². The van der Waals surface area contributed by atoms with Gasteiger partial charge in [0.25, 0.3) is 5.91 Å².